The Bertz CT molecular complexity index is 1190. The van der Waals surface area contributed by atoms with E-state index in [-0.39, 0.29) is 23.8 Å². The summed E-state index contributed by atoms with van der Waals surface area (Å²) in [5, 5.41) is 11.3. The molecule has 31 heavy (non-hydrogen) atoms. The van der Waals surface area contributed by atoms with Crippen LogP contribution in [0.1, 0.15) is 20.3 Å². The Balaban J connectivity index is 1.70. The van der Waals surface area contributed by atoms with E-state index in [0.717, 1.165) is 0 Å². The van der Waals surface area contributed by atoms with Gasteiger partial charge in [0, 0.05) is 25.2 Å². The van der Waals surface area contributed by atoms with Crippen LogP contribution in [0.4, 0.5) is 5.69 Å². The fraction of sp³-hybridized carbons (Fsp3) is 0.350. The molecular weight excluding hydrogens is 442 g/mol. The Kier molecular flexibility index (Phi) is 7.14. The van der Waals surface area contributed by atoms with Crippen LogP contribution in [0.2, 0.25) is 5.02 Å². The quantitative estimate of drug-likeness (QED) is 0.520. The zero-order valence-electron chi connectivity index (χ0n) is 17.5. The highest BCUT2D eigenvalue weighted by atomic mass is 35.5. The lowest BCUT2D eigenvalue weighted by Crippen LogP contribution is -2.30. The van der Waals surface area contributed by atoms with Crippen molar-refractivity contribution in [3.8, 4) is 5.75 Å². The summed E-state index contributed by atoms with van der Waals surface area (Å²) >= 11 is 6.07. The maximum atomic E-state index is 12.7. The number of methoxy groups -OCH3 is 1. The van der Waals surface area contributed by atoms with Gasteiger partial charge in [-0.05, 0) is 36.4 Å². The van der Waals surface area contributed by atoms with Gasteiger partial charge in [0.2, 0.25) is 15.9 Å². The molecule has 1 aromatic heterocycles. The Morgan fingerprint density at radius 2 is 1.94 bits per heavy atom. The van der Waals surface area contributed by atoms with Crippen LogP contribution in [0.5, 0.6) is 5.75 Å². The SMILES string of the molecule is CCN(CC)S(=O)(=O)c1ccc2c(c1)nnn2CCC(=O)Nc1ccc(OC)c(Cl)c1. The van der Waals surface area contributed by atoms with E-state index in [2.05, 4.69) is 15.6 Å². The van der Waals surface area contributed by atoms with Crippen LogP contribution in [0, 0.1) is 0 Å². The average Bonchev–Trinajstić information content (AvgIpc) is 3.15. The predicted octanol–water partition coefficient (Wildman–Crippen LogP) is 3.15. The summed E-state index contributed by atoms with van der Waals surface area (Å²) in [4.78, 5) is 12.5. The summed E-state index contributed by atoms with van der Waals surface area (Å²) in [6.45, 7) is 4.64. The summed E-state index contributed by atoms with van der Waals surface area (Å²) in [5.74, 6) is 0.307. The molecule has 0 aliphatic carbocycles. The average molecular weight is 466 g/mol. The maximum Gasteiger partial charge on any atom is 0.243 e. The Hall–Kier alpha value is -2.69. The minimum atomic E-state index is -3.58. The summed E-state index contributed by atoms with van der Waals surface area (Å²) in [5.41, 5.74) is 1.67. The Morgan fingerprint density at radius 1 is 1.19 bits per heavy atom. The fourth-order valence-electron chi connectivity index (χ4n) is 3.17. The number of rotatable bonds is 9. The van der Waals surface area contributed by atoms with Crippen molar-refractivity contribution < 1.29 is 17.9 Å². The van der Waals surface area contributed by atoms with Crippen molar-refractivity contribution in [1.29, 1.82) is 0 Å². The maximum absolute atomic E-state index is 12.7. The van der Waals surface area contributed by atoms with Gasteiger partial charge in [-0.2, -0.15) is 4.31 Å². The van der Waals surface area contributed by atoms with Gasteiger partial charge in [-0.3, -0.25) is 4.79 Å². The molecule has 0 saturated heterocycles. The molecule has 166 valence electrons. The molecule has 11 heteroatoms. The second-order valence-corrected chi connectivity index (χ2v) is 9.05. The van der Waals surface area contributed by atoms with Crippen molar-refractivity contribution in [3.05, 3.63) is 41.4 Å². The standard InChI is InChI=1S/C20H24ClN5O4S/c1-4-25(5-2)31(28,29)15-7-8-18-17(13-15)23-24-26(18)11-10-20(27)22-14-6-9-19(30-3)16(21)12-14/h6-9,12-13H,4-5,10-11H2,1-3H3,(H,22,27). The minimum Gasteiger partial charge on any atom is -0.495 e. The number of fused-ring (bicyclic) bond motifs is 1. The third-order valence-electron chi connectivity index (χ3n) is 4.81. The van der Waals surface area contributed by atoms with Gasteiger partial charge in [0.15, 0.2) is 0 Å². The topological polar surface area (TPSA) is 106 Å². The molecule has 0 atom stereocenters. The van der Waals surface area contributed by atoms with Gasteiger partial charge in [-0.15, -0.1) is 5.10 Å². The molecule has 3 aromatic rings. The smallest absolute Gasteiger partial charge is 0.243 e. The van der Waals surface area contributed by atoms with E-state index < -0.39 is 10.0 Å². The van der Waals surface area contributed by atoms with Crippen LogP contribution in [-0.2, 0) is 21.4 Å². The third-order valence-corrected chi connectivity index (χ3v) is 7.16. The van der Waals surface area contributed by atoms with Crippen molar-refractivity contribution in [1.82, 2.24) is 19.3 Å². The molecule has 1 amide bonds. The normalized spacial score (nSPS) is 11.8. The van der Waals surface area contributed by atoms with Crippen LogP contribution in [-0.4, -0.2) is 53.8 Å². The van der Waals surface area contributed by atoms with E-state index in [0.29, 0.717) is 40.6 Å². The molecule has 0 aliphatic rings. The second-order valence-electron chi connectivity index (χ2n) is 6.70. The highest BCUT2D eigenvalue weighted by molar-refractivity contribution is 7.89. The second kappa shape index (κ2) is 9.63. The van der Waals surface area contributed by atoms with Crippen LogP contribution < -0.4 is 10.1 Å². The highest BCUT2D eigenvalue weighted by Gasteiger charge is 2.22. The number of halogens is 1. The number of hydrogen-bond acceptors (Lipinski definition) is 6. The summed E-state index contributed by atoms with van der Waals surface area (Å²) in [7, 11) is -2.06. The van der Waals surface area contributed by atoms with Crippen molar-refractivity contribution in [2.24, 2.45) is 0 Å². The molecule has 0 spiro atoms. The molecule has 0 radical (unpaired) electrons. The van der Waals surface area contributed by atoms with Crippen molar-refractivity contribution in [3.63, 3.8) is 0 Å². The number of benzene rings is 2. The molecule has 2 aromatic carbocycles. The number of anilines is 1. The zero-order valence-corrected chi connectivity index (χ0v) is 19.1. The van der Waals surface area contributed by atoms with Crippen LogP contribution >= 0.6 is 11.6 Å². The lowest BCUT2D eigenvalue weighted by molar-refractivity contribution is -0.116. The predicted molar refractivity (Wildman–Crippen MR) is 119 cm³/mol. The van der Waals surface area contributed by atoms with Crippen molar-refractivity contribution in [2.75, 3.05) is 25.5 Å². The van der Waals surface area contributed by atoms with Gasteiger partial charge in [-0.1, -0.05) is 30.7 Å². The van der Waals surface area contributed by atoms with Gasteiger partial charge in [-0.25, -0.2) is 13.1 Å². The first-order valence-corrected chi connectivity index (χ1v) is 11.6. The first-order valence-electron chi connectivity index (χ1n) is 9.77. The van der Waals surface area contributed by atoms with Gasteiger partial charge >= 0.3 is 0 Å². The van der Waals surface area contributed by atoms with Gasteiger partial charge in [0.1, 0.15) is 11.3 Å². The summed E-state index contributed by atoms with van der Waals surface area (Å²) in [6.07, 6.45) is 0.154. The molecule has 0 fully saturated rings. The molecule has 0 saturated carbocycles. The minimum absolute atomic E-state index is 0.154. The third kappa shape index (κ3) is 4.97. The van der Waals surface area contributed by atoms with Crippen LogP contribution in [0.25, 0.3) is 11.0 Å². The van der Waals surface area contributed by atoms with E-state index in [1.54, 1.807) is 42.8 Å². The number of ether oxygens (including phenoxy) is 1. The van der Waals surface area contributed by atoms with Crippen LogP contribution in [0.15, 0.2) is 41.3 Å². The molecular formula is C20H24ClN5O4S. The first kappa shape index (κ1) is 23.0. The molecule has 0 aliphatic heterocycles. The number of aryl methyl sites for hydroxylation is 1. The van der Waals surface area contributed by atoms with Gasteiger partial charge < -0.3 is 10.1 Å². The van der Waals surface area contributed by atoms with E-state index in [4.69, 9.17) is 16.3 Å². The number of hydrogen-bond donors (Lipinski definition) is 1. The van der Waals surface area contributed by atoms with E-state index in [9.17, 15) is 13.2 Å². The van der Waals surface area contributed by atoms with Crippen LogP contribution in [0.3, 0.4) is 0 Å². The zero-order chi connectivity index (χ0) is 22.6. The fourth-order valence-corrected chi connectivity index (χ4v) is 4.90. The lowest BCUT2D eigenvalue weighted by Gasteiger charge is -2.18. The number of amides is 1. The molecule has 1 N–H and O–H groups in total. The molecule has 0 unspecified atom stereocenters. The Labute approximate surface area is 186 Å². The number of aromatic nitrogens is 3. The highest BCUT2D eigenvalue weighted by Crippen LogP contribution is 2.27. The van der Waals surface area contributed by atoms with E-state index >= 15 is 0 Å². The molecule has 0 bridgehead atoms. The molecule has 9 nitrogen and oxygen atoms in total. The van der Waals surface area contributed by atoms with Gasteiger partial charge in [0.25, 0.3) is 0 Å². The number of sulfonamides is 1. The lowest BCUT2D eigenvalue weighted by atomic mass is 10.3. The van der Waals surface area contributed by atoms with E-state index in [1.165, 1.54) is 23.5 Å². The number of carbonyl (C=O) groups is 1. The van der Waals surface area contributed by atoms with Crippen molar-refractivity contribution >= 4 is 44.3 Å². The molecule has 1 heterocycles. The van der Waals surface area contributed by atoms with Gasteiger partial charge in [0.05, 0.1) is 29.1 Å². The van der Waals surface area contributed by atoms with E-state index in [1.807, 2.05) is 0 Å². The summed E-state index contributed by atoms with van der Waals surface area (Å²) in [6, 6.07) is 9.69. The number of nitrogens with zero attached hydrogens (tertiary/aromatic N) is 4. The summed E-state index contributed by atoms with van der Waals surface area (Å²) < 4.78 is 33.4. The number of carbonyl (C=O) groups excluding carboxylic acids is 1. The number of nitrogens with one attached hydrogen (secondary N) is 1. The monoisotopic (exact) mass is 465 g/mol. The Morgan fingerprint density at radius 3 is 2.58 bits per heavy atom. The largest absolute Gasteiger partial charge is 0.495 e. The first-order chi connectivity index (χ1) is 14.8. The van der Waals surface area contributed by atoms with Crippen molar-refractivity contribution in [2.45, 2.75) is 31.7 Å². The molecule has 3 rings (SSSR count).